The van der Waals surface area contributed by atoms with Crippen molar-refractivity contribution in [1.82, 2.24) is 4.90 Å². The standard InChI is InChI=1S/C16H19NO6/c1-4-6-7-12(5-2)10-23-15(22)17-9-11(3)16(17,14(20)21)8-13(18)19/h1,5-7,11H,8-10H2,2-3H3,(H,18,19)(H,20,21)/b7-6-,12-5+/t11-,16+/m0/s1. The predicted molar refractivity (Wildman–Crippen MR) is 81.6 cm³/mol. The van der Waals surface area contributed by atoms with Crippen molar-refractivity contribution >= 4 is 18.0 Å². The summed E-state index contributed by atoms with van der Waals surface area (Å²) in [6.07, 6.45) is 8.29. The first-order valence-electron chi connectivity index (χ1n) is 6.97. The minimum absolute atomic E-state index is 0.0822. The van der Waals surface area contributed by atoms with Gasteiger partial charge in [0.2, 0.25) is 0 Å². The van der Waals surface area contributed by atoms with Crippen molar-refractivity contribution < 1.29 is 29.3 Å². The van der Waals surface area contributed by atoms with Crippen LogP contribution in [0.4, 0.5) is 4.79 Å². The van der Waals surface area contributed by atoms with Crippen LogP contribution in [0.15, 0.2) is 23.8 Å². The highest BCUT2D eigenvalue weighted by Gasteiger charge is 2.61. The summed E-state index contributed by atoms with van der Waals surface area (Å²) in [5.41, 5.74) is -1.13. The molecule has 1 rings (SSSR count). The molecule has 0 spiro atoms. The maximum atomic E-state index is 12.1. The molecule has 1 aliphatic rings. The molecule has 1 heterocycles. The Hall–Kier alpha value is -2.75. The molecule has 0 saturated carbocycles. The van der Waals surface area contributed by atoms with Crippen LogP contribution in [-0.4, -0.2) is 51.8 Å². The highest BCUT2D eigenvalue weighted by molar-refractivity contribution is 5.91. The first-order chi connectivity index (χ1) is 10.8. The molecule has 1 saturated heterocycles. The van der Waals surface area contributed by atoms with Crippen molar-refractivity contribution in [2.45, 2.75) is 25.8 Å². The maximum Gasteiger partial charge on any atom is 0.411 e. The lowest BCUT2D eigenvalue weighted by Gasteiger charge is -2.52. The SMILES string of the molecule is C#C/C=C\C(=C/C)COC(=O)N1C[C@H](C)[C@]1(CC(=O)O)C(=O)O. The molecule has 7 nitrogen and oxygen atoms in total. The average Bonchev–Trinajstić information content (AvgIpc) is 2.49. The molecular weight excluding hydrogens is 302 g/mol. The fourth-order valence-corrected chi connectivity index (χ4v) is 2.49. The first kappa shape index (κ1) is 18.3. The Morgan fingerprint density at radius 3 is 2.52 bits per heavy atom. The van der Waals surface area contributed by atoms with Crippen LogP contribution in [0.5, 0.6) is 0 Å². The Morgan fingerprint density at radius 2 is 2.09 bits per heavy atom. The van der Waals surface area contributed by atoms with Gasteiger partial charge in [-0.25, -0.2) is 9.59 Å². The second kappa shape index (κ2) is 7.49. The Labute approximate surface area is 134 Å². The Kier molecular flexibility index (Phi) is 5.96. The van der Waals surface area contributed by atoms with Crippen LogP contribution in [0, 0.1) is 18.3 Å². The summed E-state index contributed by atoms with van der Waals surface area (Å²) < 4.78 is 5.07. The third kappa shape index (κ3) is 3.72. The van der Waals surface area contributed by atoms with Crippen molar-refractivity contribution in [3.8, 4) is 12.3 Å². The zero-order valence-electron chi connectivity index (χ0n) is 13.0. The lowest BCUT2D eigenvalue weighted by atomic mass is 9.73. The number of rotatable bonds is 6. The third-order valence-electron chi connectivity index (χ3n) is 3.89. The molecule has 0 unspecified atom stereocenters. The van der Waals surface area contributed by atoms with Crippen molar-refractivity contribution in [3.05, 3.63) is 23.8 Å². The smallest absolute Gasteiger partial charge is 0.411 e. The number of aliphatic carboxylic acids is 2. The number of amides is 1. The summed E-state index contributed by atoms with van der Waals surface area (Å²) in [6.45, 7) is 3.38. The first-order valence-corrected chi connectivity index (χ1v) is 6.97. The van der Waals surface area contributed by atoms with Crippen LogP contribution in [0.25, 0.3) is 0 Å². The summed E-state index contributed by atoms with van der Waals surface area (Å²) >= 11 is 0. The highest BCUT2D eigenvalue weighted by Crippen LogP contribution is 2.40. The second-order valence-electron chi connectivity index (χ2n) is 5.23. The summed E-state index contributed by atoms with van der Waals surface area (Å²) in [5, 5.41) is 18.4. The molecule has 23 heavy (non-hydrogen) atoms. The van der Waals surface area contributed by atoms with E-state index >= 15 is 0 Å². The minimum Gasteiger partial charge on any atom is -0.481 e. The molecule has 7 heteroatoms. The van der Waals surface area contributed by atoms with E-state index < -0.39 is 35.9 Å². The molecule has 1 amide bonds. The molecule has 0 aromatic rings. The number of carbonyl (C=O) groups is 3. The number of carboxylic acid groups (broad SMARTS) is 2. The second-order valence-corrected chi connectivity index (χ2v) is 5.23. The summed E-state index contributed by atoms with van der Waals surface area (Å²) in [5.74, 6) is -0.817. The van der Waals surface area contributed by atoms with Gasteiger partial charge in [0.25, 0.3) is 0 Å². The Bertz CT molecular complexity index is 600. The molecule has 2 atom stereocenters. The van der Waals surface area contributed by atoms with Crippen LogP contribution in [0.2, 0.25) is 0 Å². The van der Waals surface area contributed by atoms with Gasteiger partial charge in [0.05, 0.1) is 6.42 Å². The fourth-order valence-electron chi connectivity index (χ4n) is 2.49. The van der Waals surface area contributed by atoms with Crippen molar-refractivity contribution in [1.29, 1.82) is 0 Å². The number of hydrogen-bond acceptors (Lipinski definition) is 4. The van der Waals surface area contributed by atoms with Crippen LogP contribution in [0.1, 0.15) is 20.3 Å². The quantitative estimate of drug-likeness (QED) is 0.567. The molecule has 1 fully saturated rings. The van der Waals surface area contributed by atoms with Gasteiger partial charge in [0.1, 0.15) is 6.61 Å². The van der Waals surface area contributed by atoms with Crippen molar-refractivity contribution in [2.24, 2.45) is 5.92 Å². The van der Waals surface area contributed by atoms with E-state index in [0.29, 0.717) is 5.57 Å². The molecular formula is C16H19NO6. The Morgan fingerprint density at radius 1 is 1.43 bits per heavy atom. The third-order valence-corrected chi connectivity index (χ3v) is 3.89. The monoisotopic (exact) mass is 321 g/mol. The maximum absolute atomic E-state index is 12.1. The largest absolute Gasteiger partial charge is 0.481 e. The number of hydrogen-bond donors (Lipinski definition) is 2. The van der Waals surface area contributed by atoms with Crippen molar-refractivity contribution in [2.75, 3.05) is 13.2 Å². The lowest BCUT2D eigenvalue weighted by molar-refractivity contribution is -0.173. The number of allylic oxidation sites excluding steroid dienone is 2. The van der Waals surface area contributed by atoms with E-state index in [2.05, 4.69) is 5.92 Å². The highest BCUT2D eigenvalue weighted by atomic mass is 16.6. The summed E-state index contributed by atoms with van der Waals surface area (Å²) in [7, 11) is 0. The van der Waals surface area contributed by atoms with Gasteiger partial charge in [-0.3, -0.25) is 9.69 Å². The molecule has 2 N–H and O–H groups in total. The lowest BCUT2D eigenvalue weighted by Crippen LogP contribution is -2.72. The van der Waals surface area contributed by atoms with Gasteiger partial charge >= 0.3 is 18.0 Å². The van der Waals surface area contributed by atoms with Gasteiger partial charge in [0, 0.05) is 12.5 Å². The van der Waals surface area contributed by atoms with E-state index in [9.17, 15) is 19.5 Å². The molecule has 0 aliphatic carbocycles. The van der Waals surface area contributed by atoms with Crippen LogP contribution >= 0.6 is 0 Å². The van der Waals surface area contributed by atoms with E-state index in [4.69, 9.17) is 16.3 Å². The Balaban J connectivity index is 2.83. The van der Waals surface area contributed by atoms with Gasteiger partial charge < -0.3 is 14.9 Å². The fraction of sp³-hybridized carbons (Fsp3) is 0.438. The summed E-state index contributed by atoms with van der Waals surface area (Å²) in [6, 6.07) is 0. The normalized spacial score (nSPS) is 24.0. The summed E-state index contributed by atoms with van der Waals surface area (Å²) in [4.78, 5) is 35.6. The zero-order chi connectivity index (χ0) is 17.6. The predicted octanol–water partition coefficient (Wildman–Crippen LogP) is 1.51. The molecule has 124 valence electrons. The molecule has 0 aromatic heterocycles. The van der Waals surface area contributed by atoms with Gasteiger partial charge in [-0.1, -0.05) is 18.9 Å². The number of nitrogens with zero attached hydrogens (tertiary/aromatic N) is 1. The zero-order valence-corrected chi connectivity index (χ0v) is 13.0. The van der Waals surface area contributed by atoms with Crippen LogP contribution in [-0.2, 0) is 14.3 Å². The van der Waals surface area contributed by atoms with Crippen molar-refractivity contribution in [3.63, 3.8) is 0 Å². The van der Waals surface area contributed by atoms with Gasteiger partial charge in [0.15, 0.2) is 5.54 Å². The van der Waals surface area contributed by atoms with E-state index in [0.717, 1.165) is 4.90 Å². The topological polar surface area (TPSA) is 104 Å². The van der Waals surface area contributed by atoms with E-state index in [-0.39, 0.29) is 13.2 Å². The minimum atomic E-state index is -1.77. The molecule has 0 aromatic carbocycles. The molecule has 1 aliphatic heterocycles. The number of terminal acetylenes is 1. The number of ether oxygens (including phenoxy) is 1. The van der Waals surface area contributed by atoms with Crippen LogP contribution < -0.4 is 0 Å². The van der Waals surface area contributed by atoms with Crippen LogP contribution in [0.3, 0.4) is 0 Å². The average molecular weight is 321 g/mol. The van der Waals surface area contributed by atoms with E-state index in [1.165, 1.54) is 6.08 Å². The molecule has 0 radical (unpaired) electrons. The van der Waals surface area contributed by atoms with Gasteiger partial charge in [-0.15, -0.1) is 6.42 Å². The van der Waals surface area contributed by atoms with Gasteiger partial charge in [-0.2, -0.15) is 0 Å². The number of likely N-dealkylation sites (tertiary alicyclic amines) is 1. The van der Waals surface area contributed by atoms with E-state index in [1.54, 1.807) is 26.0 Å². The van der Waals surface area contributed by atoms with Gasteiger partial charge in [-0.05, 0) is 24.6 Å². The molecule has 0 bridgehead atoms. The van der Waals surface area contributed by atoms with E-state index in [1.807, 2.05) is 0 Å². The number of carboxylic acids is 2. The number of carbonyl (C=O) groups excluding carboxylic acids is 1.